The van der Waals surface area contributed by atoms with Gasteiger partial charge in [0.2, 0.25) is 16.0 Å². The number of sulfonamides is 1. The van der Waals surface area contributed by atoms with Crippen LogP contribution in [0.15, 0.2) is 35.2 Å². The second-order valence-corrected chi connectivity index (χ2v) is 10.2. The average Bonchev–Trinajstić information content (AvgIpc) is 3.65. The summed E-state index contributed by atoms with van der Waals surface area (Å²) in [6, 6.07) is 6.57. The van der Waals surface area contributed by atoms with Crippen molar-refractivity contribution >= 4 is 32.8 Å². The second-order valence-electron chi connectivity index (χ2n) is 8.67. The van der Waals surface area contributed by atoms with Crippen LogP contribution in [0.5, 0.6) is 0 Å². The summed E-state index contributed by atoms with van der Waals surface area (Å²) in [5, 5.41) is 10.4. The van der Waals surface area contributed by atoms with Crippen molar-refractivity contribution in [3.05, 3.63) is 47.4 Å². The van der Waals surface area contributed by atoms with E-state index in [1.165, 1.54) is 6.07 Å². The summed E-state index contributed by atoms with van der Waals surface area (Å²) in [6.45, 7) is -0.0940. The molecule has 8 nitrogen and oxygen atoms in total. The zero-order chi connectivity index (χ0) is 24.3. The van der Waals surface area contributed by atoms with E-state index in [4.69, 9.17) is 5.14 Å². The van der Waals surface area contributed by atoms with E-state index in [0.717, 1.165) is 30.7 Å². The number of alkyl halides is 3. The van der Waals surface area contributed by atoms with Crippen LogP contribution in [0.3, 0.4) is 0 Å². The number of nitrogens with two attached hydrogens (primary N) is 1. The number of fused-ring (bicyclic) bond motifs is 1. The fourth-order valence-corrected chi connectivity index (χ4v) is 4.29. The van der Waals surface area contributed by atoms with Gasteiger partial charge in [-0.1, -0.05) is 0 Å². The maximum atomic E-state index is 13.9. The highest BCUT2D eigenvalue weighted by atomic mass is 32.2. The molecule has 0 bridgehead atoms. The van der Waals surface area contributed by atoms with Crippen molar-refractivity contribution < 1.29 is 26.0 Å². The van der Waals surface area contributed by atoms with E-state index in [0.29, 0.717) is 5.52 Å². The summed E-state index contributed by atoms with van der Waals surface area (Å²) in [5.41, 5.74) is -0.458. The zero-order valence-corrected chi connectivity index (χ0v) is 18.5. The maximum Gasteiger partial charge on any atom is 0.411 e. The first-order chi connectivity index (χ1) is 15.9. The van der Waals surface area contributed by atoms with Crippen LogP contribution >= 0.6 is 0 Å². The summed E-state index contributed by atoms with van der Waals surface area (Å²) in [4.78, 5) is 12.7. The molecule has 3 aromatic rings. The van der Waals surface area contributed by atoms with Gasteiger partial charge in [0, 0.05) is 18.2 Å². The molecule has 0 radical (unpaired) electrons. The second kappa shape index (κ2) is 7.73. The number of hydrogen-bond acceptors (Lipinski definition) is 7. The molecule has 0 unspecified atom stereocenters. The van der Waals surface area contributed by atoms with Gasteiger partial charge in [-0.15, -0.1) is 0 Å². The third-order valence-corrected chi connectivity index (χ3v) is 6.81. The zero-order valence-electron chi connectivity index (χ0n) is 17.7. The van der Waals surface area contributed by atoms with Gasteiger partial charge in [-0.3, -0.25) is 0 Å². The predicted octanol–water partition coefficient (Wildman–Crippen LogP) is 3.81. The number of primary sulfonamides is 1. The quantitative estimate of drug-likeness (QED) is 0.425. The van der Waals surface area contributed by atoms with Crippen molar-refractivity contribution in [2.75, 3.05) is 10.6 Å². The Kier molecular flexibility index (Phi) is 5.17. The van der Waals surface area contributed by atoms with Crippen LogP contribution in [-0.2, 0) is 16.6 Å². The maximum absolute atomic E-state index is 13.9. The Morgan fingerprint density at radius 3 is 2.44 bits per heavy atom. The number of nitrogens with zero attached hydrogens (tertiary/aromatic N) is 3. The van der Waals surface area contributed by atoms with Crippen molar-refractivity contribution in [2.45, 2.75) is 54.8 Å². The van der Waals surface area contributed by atoms with Gasteiger partial charge >= 0.3 is 6.18 Å². The summed E-state index contributed by atoms with van der Waals surface area (Å²) in [5.74, 6) is -0.582. The van der Waals surface area contributed by atoms with Crippen LogP contribution in [0, 0.1) is 5.82 Å². The molecule has 2 saturated carbocycles. The molecule has 2 heterocycles. The van der Waals surface area contributed by atoms with Crippen molar-refractivity contribution in [1.29, 1.82) is 0 Å². The van der Waals surface area contributed by atoms with Gasteiger partial charge in [0.15, 0.2) is 5.82 Å². The molecule has 5 rings (SSSR count). The van der Waals surface area contributed by atoms with Crippen molar-refractivity contribution in [3.8, 4) is 0 Å². The van der Waals surface area contributed by atoms with Gasteiger partial charge in [0.1, 0.15) is 16.9 Å². The monoisotopic (exact) mass is 496 g/mol. The predicted molar refractivity (Wildman–Crippen MR) is 116 cm³/mol. The van der Waals surface area contributed by atoms with Gasteiger partial charge in [-0.05, 0) is 61.6 Å². The van der Waals surface area contributed by atoms with E-state index >= 15 is 0 Å². The van der Waals surface area contributed by atoms with Crippen LogP contribution < -0.4 is 15.8 Å². The van der Waals surface area contributed by atoms with E-state index in [-0.39, 0.29) is 48.2 Å². The summed E-state index contributed by atoms with van der Waals surface area (Å²) >= 11 is 0. The smallest absolute Gasteiger partial charge is 0.354 e. The minimum atomic E-state index is -4.46. The lowest BCUT2D eigenvalue weighted by molar-refractivity contribution is -0.151. The standard InChI is InChI=1S/C21H20F4N6O2S/c22-13-7-11(8-14(9-13)34(26,32)33)10-27-19-29-16-4-3-15(12-1-2-12)28-17(16)18(30-19)31-20(5-6-20)21(23,24)25/h3-4,7-9,12H,1-2,5-6,10H2,(H2,26,32,33)(H2,27,29,30,31). The molecule has 13 heteroatoms. The van der Waals surface area contributed by atoms with Gasteiger partial charge in [0.05, 0.1) is 10.4 Å². The highest BCUT2D eigenvalue weighted by Crippen LogP contribution is 2.51. The fourth-order valence-electron chi connectivity index (χ4n) is 3.70. The Hall–Kier alpha value is -3.06. The Balaban J connectivity index is 1.49. The molecule has 1 aromatic carbocycles. The van der Waals surface area contributed by atoms with E-state index in [9.17, 15) is 26.0 Å². The SMILES string of the molecule is NS(=O)(=O)c1cc(F)cc(CNc2nc(NC3(C(F)(F)F)CC3)c3nc(C4CC4)ccc3n2)c1. The first-order valence-electron chi connectivity index (χ1n) is 10.5. The molecule has 180 valence electrons. The molecule has 2 aromatic heterocycles. The molecule has 2 aliphatic carbocycles. The number of nitrogens with one attached hydrogen (secondary N) is 2. The number of rotatable bonds is 7. The third kappa shape index (κ3) is 4.49. The Morgan fingerprint density at radius 1 is 1.09 bits per heavy atom. The van der Waals surface area contributed by atoms with Crippen molar-refractivity contribution in [2.24, 2.45) is 5.14 Å². The van der Waals surface area contributed by atoms with E-state index < -0.39 is 32.5 Å². The Labute approximate surface area is 192 Å². The van der Waals surface area contributed by atoms with Gasteiger partial charge in [0.25, 0.3) is 0 Å². The molecule has 4 N–H and O–H groups in total. The van der Waals surface area contributed by atoms with E-state index in [2.05, 4.69) is 25.6 Å². The molecular weight excluding hydrogens is 476 g/mol. The molecule has 2 fully saturated rings. The summed E-state index contributed by atoms with van der Waals surface area (Å²) in [7, 11) is -4.12. The number of benzene rings is 1. The van der Waals surface area contributed by atoms with Crippen molar-refractivity contribution in [1.82, 2.24) is 15.0 Å². The molecule has 34 heavy (non-hydrogen) atoms. The molecule has 2 aliphatic rings. The highest BCUT2D eigenvalue weighted by Gasteiger charge is 2.64. The molecule has 0 amide bonds. The van der Waals surface area contributed by atoms with Gasteiger partial charge in [-0.25, -0.2) is 27.9 Å². The lowest BCUT2D eigenvalue weighted by Crippen LogP contribution is -2.39. The normalized spacial score (nSPS) is 17.6. The highest BCUT2D eigenvalue weighted by molar-refractivity contribution is 7.89. The summed E-state index contributed by atoms with van der Waals surface area (Å²) < 4.78 is 77.8. The van der Waals surface area contributed by atoms with Gasteiger partial charge in [-0.2, -0.15) is 18.2 Å². The minimum absolute atomic E-state index is 0.0182. The lowest BCUT2D eigenvalue weighted by Gasteiger charge is -2.22. The van der Waals surface area contributed by atoms with E-state index in [1.807, 2.05) is 0 Å². The molecular formula is C21H20F4N6O2S. The lowest BCUT2D eigenvalue weighted by atomic mass is 10.2. The first kappa shape index (κ1) is 22.7. The van der Waals surface area contributed by atoms with E-state index in [1.54, 1.807) is 12.1 Å². The Morgan fingerprint density at radius 2 is 1.82 bits per heavy atom. The Bertz CT molecular complexity index is 1390. The number of halogens is 4. The van der Waals surface area contributed by atoms with Crippen LogP contribution in [0.25, 0.3) is 11.0 Å². The molecule has 0 aliphatic heterocycles. The third-order valence-electron chi connectivity index (χ3n) is 5.92. The van der Waals surface area contributed by atoms with Crippen LogP contribution in [0.1, 0.15) is 42.9 Å². The molecule has 0 atom stereocenters. The number of pyridine rings is 1. The van der Waals surface area contributed by atoms with Crippen molar-refractivity contribution in [3.63, 3.8) is 0 Å². The summed E-state index contributed by atoms with van der Waals surface area (Å²) in [6.07, 6.45) is -2.66. The largest absolute Gasteiger partial charge is 0.411 e. The van der Waals surface area contributed by atoms with Crippen LogP contribution in [0.2, 0.25) is 0 Å². The van der Waals surface area contributed by atoms with Crippen LogP contribution in [0.4, 0.5) is 29.3 Å². The average molecular weight is 496 g/mol. The number of hydrogen-bond donors (Lipinski definition) is 3. The minimum Gasteiger partial charge on any atom is -0.354 e. The molecule has 0 spiro atoms. The van der Waals surface area contributed by atoms with Crippen LogP contribution in [-0.4, -0.2) is 35.1 Å². The fraction of sp³-hybridized carbons (Fsp3) is 0.381. The molecule has 0 saturated heterocycles. The van der Waals surface area contributed by atoms with Gasteiger partial charge < -0.3 is 10.6 Å². The number of aromatic nitrogens is 3. The first-order valence-corrected chi connectivity index (χ1v) is 12.1. The topological polar surface area (TPSA) is 123 Å². The number of anilines is 2.